The van der Waals surface area contributed by atoms with Gasteiger partial charge < -0.3 is 15.0 Å². The maximum absolute atomic E-state index is 12.6. The van der Waals surface area contributed by atoms with Crippen molar-refractivity contribution in [2.24, 2.45) is 17.8 Å². The summed E-state index contributed by atoms with van der Waals surface area (Å²) < 4.78 is 5.71. The predicted octanol–water partition coefficient (Wildman–Crippen LogP) is 2.43. The first kappa shape index (κ1) is 17.1. The molecule has 2 saturated heterocycles. The highest BCUT2D eigenvalue weighted by Crippen LogP contribution is 2.28. The van der Waals surface area contributed by atoms with Crippen LogP contribution in [0.1, 0.15) is 24.2 Å². The zero-order chi connectivity index (χ0) is 14.8. The average Bonchev–Trinajstić information content (AvgIpc) is 3.06. The van der Waals surface area contributed by atoms with Crippen molar-refractivity contribution in [2.45, 2.75) is 13.8 Å². The zero-order valence-electron chi connectivity index (χ0n) is 13.2. The first-order valence-corrected chi connectivity index (χ1v) is 7.86. The number of halogens is 1. The molecule has 122 valence electrons. The number of carbonyl (C=O) groups excluding carboxylic acids is 1. The topological polar surface area (TPSA) is 41.6 Å². The van der Waals surface area contributed by atoms with Gasteiger partial charge in [-0.2, -0.15) is 0 Å². The molecule has 2 atom stereocenters. The van der Waals surface area contributed by atoms with Crippen molar-refractivity contribution in [1.29, 1.82) is 0 Å². The lowest BCUT2D eigenvalue weighted by Crippen LogP contribution is -2.31. The van der Waals surface area contributed by atoms with Crippen LogP contribution in [0.15, 0.2) is 24.3 Å². The van der Waals surface area contributed by atoms with Crippen LogP contribution in [0.5, 0.6) is 5.75 Å². The van der Waals surface area contributed by atoms with E-state index in [1.165, 1.54) is 0 Å². The molecule has 2 fully saturated rings. The second-order valence-electron chi connectivity index (χ2n) is 6.62. The lowest BCUT2D eigenvalue weighted by Gasteiger charge is -2.18. The van der Waals surface area contributed by atoms with Gasteiger partial charge in [-0.15, -0.1) is 12.4 Å². The summed E-state index contributed by atoms with van der Waals surface area (Å²) in [5.41, 5.74) is 0.740. The number of benzene rings is 1. The van der Waals surface area contributed by atoms with Gasteiger partial charge >= 0.3 is 0 Å². The molecule has 1 aromatic carbocycles. The fourth-order valence-corrected chi connectivity index (χ4v) is 3.19. The lowest BCUT2D eigenvalue weighted by molar-refractivity contribution is 0.0781. The molecule has 0 radical (unpaired) electrons. The molecular formula is C17H25ClN2O2. The Morgan fingerprint density at radius 3 is 2.64 bits per heavy atom. The third kappa shape index (κ3) is 3.73. The summed E-state index contributed by atoms with van der Waals surface area (Å²) in [5, 5.41) is 3.40. The van der Waals surface area contributed by atoms with E-state index in [0.29, 0.717) is 24.4 Å². The molecule has 0 bridgehead atoms. The van der Waals surface area contributed by atoms with Crippen LogP contribution in [0.4, 0.5) is 0 Å². The van der Waals surface area contributed by atoms with Gasteiger partial charge in [-0.25, -0.2) is 0 Å². The molecule has 2 heterocycles. The van der Waals surface area contributed by atoms with E-state index in [2.05, 4.69) is 19.2 Å². The molecule has 22 heavy (non-hydrogen) atoms. The van der Waals surface area contributed by atoms with E-state index in [1.54, 1.807) is 0 Å². The van der Waals surface area contributed by atoms with Gasteiger partial charge in [-0.3, -0.25) is 4.79 Å². The third-order valence-corrected chi connectivity index (χ3v) is 4.34. The number of amides is 1. The standard InChI is InChI=1S/C17H24N2O2.ClH/c1-12(2)11-21-16-5-3-4-13(6-16)17(20)19-9-14-7-18-8-15(14)10-19;/h3-6,12,14-15,18H,7-11H2,1-2H3;1H/t14-,15+;. The largest absolute Gasteiger partial charge is 0.493 e. The number of carbonyl (C=O) groups is 1. The van der Waals surface area contributed by atoms with Crippen molar-refractivity contribution < 1.29 is 9.53 Å². The molecule has 2 aliphatic heterocycles. The second kappa shape index (κ2) is 7.34. The Hall–Kier alpha value is -1.26. The molecule has 4 nitrogen and oxygen atoms in total. The van der Waals surface area contributed by atoms with Crippen LogP contribution in [-0.4, -0.2) is 43.6 Å². The Labute approximate surface area is 138 Å². The number of rotatable bonds is 4. The van der Waals surface area contributed by atoms with Gasteiger partial charge in [0.15, 0.2) is 0 Å². The molecule has 1 aromatic rings. The Kier molecular flexibility index (Phi) is 5.70. The Morgan fingerprint density at radius 1 is 1.32 bits per heavy atom. The molecule has 0 aliphatic carbocycles. The third-order valence-electron chi connectivity index (χ3n) is 4.34. The summed E-state index contributed by atoms with van der Waals surface area (Å²) in [6, 6.07) is 7.58. The molecule has 2 aliphatic rings. The van der Waals surface area contributed by atoms with Crippen molar-refractivity contribution in [3.05, 3.63) is 29.8 Å². The van der Waals surface area contributed by atoms with Crippen molar-refractivity contribution in [3.8, 4) is 5.75 Å². The fourth-order valence-electron chi connectivity index (χ4n) is 3.19. The molecule has 5 heteroatoms. The molecule has 0 saturated carbocycles. The second-order valence-corrected chi connectivity index (χ2v) is 6.62. The molecule has 0 unspecified atom stereocenters. The zero-order valence-corrected chi connectivity index (χ0v) is 14.1. The predicted molar refractivity (Wildman–Crippen MR) is 89.8 cm³/mol. The van der Waals surface area contributed by atoms with E-state index in [1.807, 2.05) is 29.2 Å². The summed E-state index contributed by atoms with van der Waals surface area (Å²) >= 11 is 0. The quantitative estimate of drug-likeness (QED) is 0.925. The Bertz CT molecular complexity index is 509. The van der Waals surface area contributed by atoms with Crippen LogP contribution in [0.3, 0.4) is 0 Å². The summed E-state index contributed by atoms with van der Waals surface area (Å²) in [5.74, 6) is 2.67. The number of nitrogens with one attached hydrogen (secondary N) is 1. The van der Waals surface area contributed by atoms with E-state index in [4.69, 9.17) is 4.74 Å². The SMILES string of the molecule is CC(C)COc1cccc(C(=O)N2C[C@H]3CNC[C@H]3C2)c1.Cl. The van der Waals surface area contributed by atoms with E-state index >= 15 is 0 Å². The van der Waals surface area contributed by atoms with Crippen molar-refractivity contribution >= 4 is 18.3 Å². The molecule has 0 spiro atoms. The van der Waals surface area contributed by atoms with E-state index in [-0.39, 0.29) is 18.3 Å². The minimum Gasteiger partial charge on any atom is -0.493 e. The van der Waals surface area contributed by atoms with Gasteiger partial charge in [0.2, 0.25) is 0 Å². The summed E-state index contributed by atoms with van der Waals surface area (Å²) in [6.45, 7) is 8.77. The van der Waals surface area contributed by atoms with Crippen molar-refractivity contribution in [1.82, 2.24) is 10.2 Å². The summed E-state index contributed by atoms with van der Waals surface area (Å²) in [7, 11) is 0. The van der Waals surface area contributed by atoms with E-state index in [0.717, 1.165) is 37.5 Å². The molecule has 0 aromatic heterocycles. The first-order valence-electron chi connectivity index (χ1n) is 7.86. The minimum absolute atomic E-state index is 0. The number of nitrogens with zero attached hydrogens (tertiary/aromatic N) is 1. The Morgan fingerprint density at radius 2 is 2.00 bits per heavy atom. The van der Waals surface area contributed by atoms with Gasteiger partial charge in [-0.05, 0) is 36.0 Å². The monoisotopic (exact) mass is 324 g/mol. The number of likely N-dealkylation sites (tertiary alicyclic amines) is 1. The minimum atomic E-state index is 0. The van der Waals surface area contributed by atoms with Crippen molar-refractivity contribution in [3.63, 3.8) is 0 Å². The Balaban J connectivity index is 0.00000176. The fraction of sp³-hybridized carbons (Fsp3) is 0.588. The van der Waals surface area contributed by atoms with Gasteiger partial charge in [0.1, 0.15) is 5.75 Å². The van der Waals surface area contributed by atoms with Gasteiger partial charge in [0, 0.05) is 31.7 Å². The highest BCUT2D eigenvalue weighted by atomic mass is 35.5. The van der Waals surface area contributed by atoms with Crippen LogP contribution in [0.2, 0.25) is 0 Å². The molecular weight excluding hydrogens is 300 g/mol. The molecule has 1 N–H and O–H groups in total. The summed E-state index contributed by atoms with van der Waals surface area (Å²) in [4.78, 5) is 14.6. The van der Waals surface area contributed by atoms with Gasteiger partial charge in [0.05, 0.1) is 6.61 Å². The number of ether oxygens (including phenoxy) is 1. The van der Waals surface area contributed by atoms with Crippen molar-refractivity contribution in [2.75, 3.05) is 32.8 Å². The van der Waals surface area contributed by atoms with Crippen LogP contribution >= 0.6 is 12.4 Å². The number of hydrogen-bond donors (Lipinski definition) is 1. The summed E-state index contributed by atoms with van der Waals surface area (Å²) in [6.07, 6.45) is 0. The highest BCUT2D eigenvalue weighted by molar-refractivity contribution is 5.94. The van der Waals surface area contributed by atoms with Crippen LogP contribution in [0.25, 0.3) is 0 Å². The van der Waals surface area contributed by atoms with Crippen LogP contribution in [-0.2, 0) is 0 Å². The highest BCUT2D eigenvalue weighted by Gasteiger charge is 2.38. The molecule has 1 amide bonds. The van der Waals surface area contributed by atoms with Crippen LogP contribution in [0, 0.1) is 17.8 Å². The average molecular weight is 325 g/mol. The number of hydrogen-bond acceptors (Lipinski definition) is 3. The first-order chi connectivity index (χ1) is 10.1. The smallest absolute Gasteiger partial charge is 0.254 e. The maximum Gasteiger partial charge on any atom is 0.254 e. The van der Waals surface area contributed by atoms with Gasteiger partial charge in [0.25, 0.3) is 5.91 Å². The normalized spacial score (nSPS) is 23.3. The lowest BCUT2D eigenvalue weighted by atomic mass is 10.0. The van der Waals surface area contributed by atoms with E-state index < -0.39 is 0 Å². The van der Waals surface area contributed by atoms with E-state index in [9.17, 15) is 4.79 Å². The maximum atomic E-state index is 12.6. The van der Waals surface area contributed by atoms with Crippen LogP contribution < -0.4 is 10.1 Å². The number of fused-ring (bicyclic) bond motifs is 1. The van der Waals surface area contributed by atoms with Gasteiger partial charge in [-0.1, -0.05) is 19.9 Å². The molecule has 3 rings (SSSR count).